The van der Waals surface area contributed by atoms with Gasteiger partial charge >= 0.3 is 12.1 Å². The minimum atomic E-state index is -1.37. The normalized spacial score (nSPS) is 18.6. The maximum atomic E-state index is 12.3. The summed E-state index contributed by atoms with van der Waals surface area (Å²) in [4.78, 5) is 47.3. The molecule has 0 radical (unpaired) electrons. The third-order valence-electron chi connectivity index (χ3n) is 4.56. The molecule has 0 heterocycles. The van der Waals surface area contributed by atoms with E-state index < -0.39 is 42.6 Å². The molecule has 1 aromatic rings. The van der Waals surface area contributed by atoms with E-state index in [4.69, 9.17) is 4.74 Å². The van der Waals surface area contributed by atoms with Crippen molar-refractivity contribution in [1.29, 1.82) is 0 Å². The second-order valence-electron chi connectivity index (χ2n) is 6.66. The minimum Gasteiger partial charge on any atom is -0.480 e. The molecule has 0 unspecified atom stereocenters. The molecule has 0 bridgehead atoms. The number of ketones is 1. The van der Waals surface area contributed by atoms with E-state index in [1.165, 1.54) is 0 Å². The molecule has 0 aliphatic heterocycles. The van der Waals surface area contributed by atoms with E-state index in [0.29, 0.717) is 19.3 Å². The number of amides is 2. The quantitative estimate of drug-likeness (QED) is 0.507. The highest BCUT2D eigenvalue weighted by Crippen LogP contribution is 2.24. The van der Waals surface area contributed by atoms with Gasteiger partial charge in [0.2, 0.25) is 5.91 Å². The van der Waals surface area contributed by atoms with Crippen LogP contribution in [0.4, 0.5) is 4.79 Å². The van der Waals surface area contributed by atoms with E-state index in [9.17, 15) is 29.4 Å². The highest BCUT2D eigenvalue weighted by molar-refractivity contribution is 5.90. The standard InChI is InChI=1S/C19H24N2O7/c22-10-15(20-19(27)28-11-12-5-2-1-3-6-12)17(24)21-16(18(25)26)13-7-4-8-14(23)9-13/h1-3,5-6,13,15-16,22H,4,7-11H2,(H,20,27)(H,21,24)(H,25,26)/t13-,15+,16+/m1/s1. The molecule has 1 aromatic carbocycles. The number of carboxylic acid groups (broad SMARTS) is 1. The first-order valence-corrected chi connectivity index (χ1v) is 9.03. The number of carbonyl (C=O) groups is 4. The molecule has 9 heteroatoms. The van der Waals surface area contributed by atoms with Crippen LogP contribution in [-0.4, -0.2) is 52.7 Å². The summed E-state index contributed by atoms with van der Waals surface area (Å²) in [5.74, 6) is -2.69. The number of rotatable bonds is 8. The summed E-state index contributed by atoms with van der Waals surface area (Å²) in [5.41, 5.74) is 0.746. The van der Waals surface area contributed by atoms with Crippen molar-refractivity contribution in [3.63, 3.8) is 0 Å². The van der Waals surface area contributed by atoms with E-state index in [2.05, 4.69) is 10.6 Å². The first-order valence-electron chi connectivity index (χ1n) is 9.03. The van der Waals surface area contributed by atoms with Crippen molar-refractivity contribution in [2.45, 2.75) is 44.4 Å². The van der Waals surface area contributed by atoms with Gasteiger partial charge in [-0.1, -0.05) is 30.3 Å². The third-order valence-corrected chi connectivity index (χ3v) is 4.56. The lowest BCUT2D eigenvalue weighted by Crippen LogP contribution is -2.55. The topological polar surface area (TPSA) is 142 Å². The fraction of sp³-hybridized carbons (Fsp3) is 0.474. The number of carbonyl (C=O) groups excluding carboxylic acids is 3. The second kappa shape index (κ2) is 10.4. The van der Waals surface area contributed by atoms with Crippen molar-refractivity contribution in [2.75, 3.05) is 6.61 Å². The fourth-order valence-electron chi connectivity index (χ4n) is 3.08. The molecule has 1 aliphatic carbocycles. The number of carboxylic acids is 1. The Balaban J connectivity index is 1.90. The largest absolute Gasteiger partial charge is 0.480 e. The van der Waals surface area contributed by atoms with Gasteiger partial charge in [-0.05, 0) is 24.3 Å². The molecular formula is C19H24N2O7. The molecule has 152 valence electrons. The molecule has 2 amide bonds. The summed E-state index contributed by atoms with van der Waals surface area (Å²) < 4.78 is 4.99. The number of aliphatic carboxylic acids is 1. The summed E-state index contributed by atoms with van der Waals surface area (Å²) in [5, 5.41) is 23.3. The number of aliphatic hydroxyl groups excluding tert-OH is 1. The van der Waals surface area contributed by atoms with Gasteiger partial charge in [0.1, 0.15) is 24.5 Å². The first-order chi connectivity index (χ1) is 13.4. The van der Waals surface area contributed by atoms with Crippen molar-refractivity contribution in [2.24, 2.45) is 5.92 Å². The fourth-order valence-corrected chi connectivity index (χ4v) is 3.08. The Labute approximate surface area is 162 Å². The second-order valence-corrected chi connectivity index (χ2v) is 6.66. The van der Waals surface area contributed by atoms with Crippen LogP contribution in [0.3, 0.4) is 0 Å². The van der Waals surface area contributed by atoms with Crippen LogP contribution >= 0.6 is 0 Å². The summed E-state index contributed by atoms with van der Waals surface area (Å²) >= 11 is 0. The first kappa shape index (κ1) is 21.4. The van der Waals surface area contributed by atoms with Gasteiger partial charge in [0.25, 0.3) is 0 Å². The van der Waals surface area contributed by atoms with Gasteiger partial charge in [0.15, 0.2) is 0 Å². The number of benzene rings is 1. The summed E-state index contributed by atoms with van der Waals surface area (Å²) in [6.07, 6.45) is 0.631. The summed E-state index contributed by atoms with van der Waals surface area (Å²) in [7, 11) is 0. The van der Waals surface area contributed by atoms with Crippen LogP contribution in [0.15, 0.2) is 30.3 Å². The van der Waals surface area contributed by atoms with Crippen LogP contribution in [0, 0.1) is 5.92 Å². The van der Waals surface area contributed by atoms with E-state index >= 15 is 0 Å². The Morgan fingerprint density at radius 2 is 1.89 bits per heavy atom. The average molecular weight is 392 g/mol. The molecule has 4 N–H and O–H groups in total. The number of alkyl carbamates (subject to hydrolysis) is 1. The van der Waals surface area contributed by atoms with Crippen molar-refractivity contribution < 1.29 is 34.1 Å². The number of nitrogens with one attached hydrogen (secondary N) is 2. The number of aliphatic hydroxyl groups is 1. The lowest BCUT2D eigenvalue weighted by atomic mass is 9.83. The monoisotopic (exact) mass is 392 g/mol. The Hall–Kier alpha value is -2.94. The Bertz CT molecular complexity index is 707. The van der Waals surface area contributed by atoms with Gasteiger partial charge in [-0.25, -0.2) is 9.59 Å². The molecule has 28 heavy (non-hydrogen) atoms. The maximum absolute atomic E-state index is 12.3. The van der Waals surface area contributed by atoms with Gasteiger partial charge in [0, 0.05) is 12.8 Å². The van der Waals surface area contributed by atoms with Gasteiger partial charge < -0.3 is 25.6 Å². The number of ether oxygens (including phenoxy) is 1. The Kier molecular flexibility index (Phi) is 7.94. The molecule has 2 rings (SSSR count). The molecule has 0 spiro atoms. The molecular weight excluding hydrogens is 368 g/mol. The number of hydrogen-bond donors (Lipinski definition) is 4. The Morgan fingerprint density at radius 1 is 1.18 bits per heavy atom. The molecule has 0 saturated heterocycles. The van der Waals surface area contributed by atoms with Crippen molar-refractivity contribution in [1.82, 2.24) is 10.6 Å². The molecule has 1 aliphatic rings. The van der Waals surface area contributed by atoms with Crippen LogP contribution in [0.2, 0.25) is 0 Å². The molecule has 0 aromatic heterocycles. The molecule has 9 nitrogen and oxygen atoms in total. The van der Waals surface area contributed by atoms with Crippen molar-refractivity contribution >= 4 is 23.8 Å². The predicted molar refractivity (Wildman–Crippen MR) is 97.2 cm³/mol. The average Bonchev–Trinajstić information content (AvgIpc) is 2.69. The van der Waals surface area contributed by atoms with E-state index in [0.717, 1.165) is 5.56 Å². The highest BCUT2D eigenvalue weighted by atomic mass is 16.5. The summed E-state index contributed by atoms with van der Waals surface area (Å²) in [6, 6.07) is 6.25. The number of hydrogen-bond acceptors (Lipinski definition) is 6. The Morgan fingerprint density at radius 3 is 2.50 bits per heavy atom. The maximum Gasteiger partial charge on any atom is 0.408 e. The van der Waals surface area contributed by atoms with Crippen molar-refractivity contribution in [3.8, 4) is 0 Å². The lowest BCUT2D eigenvalue weighted by molar-refractivity contribution is -0.144. The van der Waals surface area contributed by atoms with Gasteiger partial charge in [-0.15, -0.1) is 0 Å². The van der Waals surface area contributed by atoms with Crippen LogP contribution in [0.25, 0.3) is 0 Å². The van der Waals surface area contributed by atoms with E-state index in [1.807, 2.05) is 6.07 Å². The minimum absolute atomic E-state index is 0.0195. The molecule has 1 fully saturated rings. The third kappa shape index (κ3) is 6.34. The van der Waals surface area contributed by atoms with Crippen LogP contribution < -0.4 is 10.6 Å². The zero-order valence-corrected chi connectivity index (χ0v) is 15.3. The zero-order chi connectivity index (χ0) is 20.5. The van der Waals surface area contributed by atoms with Gasteiger partial charge in [-0.3, -0.25) is 9.59 Å². The lowest BCUT2D eigenvalue weighted by Gasteiger charge is -2.28. The van der Waals surface area contributed by atoms with Gasteiger partial charge in [0.05, 0.1) is 6.61 Å². The van der Waals surface area contributed by atoms with Crippen LogP contribution in [-0.2, 0) is 25.7 Å². The smallest absolute Gasteiger partial charge is 0.408 e. The predicted octanol–water partition coefficient (Wildman–Crippen LogP) is 0.602. The zero-order valence-electron chi connectivity index (χ0n) is 15.3. The van der Waals surface area contributed by atoms with Gasteiger partial charge in [-0.2, -0.15) is 0 Å². The van der Waals surface area contributed by atoms with Crippen molar-refractivity contribution in [3.05, 3.63) is 35.9 Å². The van der Waals surface area contributed by atoms with E-state index in [-0.39, 0.29) is 18.8 Å². The molecule has 3 atom stereocenters. The van der Waals surface area contributed by atoms with E-state index in [1.54, 1.807) is 24.3 Å². The summed E-state index contributed by atoms with van der Waals surface area (Å²) in [6.45, 7) is -0.753. The molecule has 1 saturated carbocycles. The number of Topliss-reactive ketones (excluding diaryl/α,β-unsaturated/α-hetero) is 1. The SMILES string of the molecule is O=C1CCC[C@@H]([C@H](NC(=O)[C@H](CO)NC(=O)OCc2ccccc2)C(=O)O)C1. The highest BCUT2D eigenvalue weighted by Gasteiger charge is 2.35. The van der Waals surface area contributed by atoms with Crippen LogP contribution in [0.1, 0.15) is 31.2 Å². The van der Waals surface area contributed by atoms with Crippen LogP contribution in [0.5, 0.6) is 0 Å².